The molecule has 2 rings (SSSR count). The van der Waals surface area contributed by atoms with Gasteiger partial charge >= 0.3 is 0 Å². The van der Waals surface area contributed by atoms with Crippen LogP contribution >= 0.6 is 0 Å². The quantitative estimate of drug-likeness (QED) is 0.373. The van der Waals surface area contributed by atoms with Gasteiger partial charge in [-0.25, -0.2) is 0 Å². The number of ketones is 2. The molecular weight excluding hydrogens is 404 g/mol. The van der Waals surface area contributed by atoms with Gasteiger partial charge in [0, 0.05) is 42.0 Å². The predicted octanol–water partition coefficient (Wildman–Crippen LogP) is 4.09. The third-order valence-corrected chi connectivity index (χ3v) is 5.16. The normalized spacial score (nSPS) is 10.8. The summed E-state index contributed by atoms with van der Waals surface area (Å²) in [5.41, 5.74) is -0.483. The van der Waals surface area contributed by atoms with Crippen LogP contribution in [0.3, 0.4) is 0 Å². The first kappa shape index (κ1) is 23.9. The molecule has 8 nitrogen and oxygen atoms in total. The van der Waals surface area contributed by atoms with Crippen LogP contribution in [0.1, 0.15) is 76.9 Å². The van der Waals surface area contributed by atoms with Crippen molar-refractivity contribution in [2.24, 2.45) is 0 Å². The van der Waals surface area contributed by atoms with Gasteiger partial charge in [-0.15, -0.1) is 0 Å². The van der Waals surface area contributed by atoms with E-state index in [1.807, 2.05) is 0 Å². The van der Waals surface area contributed by atoms with Gasteiger partial charge in [0.1, 0.15) is 45.6 Å². The molecule has 5 N–H and O–H groups in total. The maximum Gasteiger partial charge on any atom is 0.170 e. The van der Waals surface area contributed by atoms with Gasteiger partial charge in [-0.2, -0.15) is 0 Å². The zero-order valence-corrected chi connectivity index (χ0v) is 18.1. The van der Waals surface area contributed by atoms with E-state index in [4.69, 9.17) is 4.74 Å². The molecule has 0 heterocycles. The first-order chi connectivity index (χ1) is 14.6. The van der Waals surface area contributed by atoms with E-state index in [0.717, 1.165) is 6.07 Å². The summed E-state index contributed by atoms with van der Waals surface area (Å²) in [6, 6.07) is 0.942. The lowest BCUT2D eigenvalue weighted by Crippen LogP contribution is -2.07. The van der Waals surface area contributed by atoms with Crippen molar-refractivity contribution in [3.8, 4) is 34.5 Å². The third-order valence-electron chi connectivity index (χ3n) is 5.16. The number of phenols is 5. The molecule has 0 aliphatic heterocycles. The lowest BCUT2D eigenvalue weighted by Gasteiger charge is -2.20. The van der Waals surface area contributed by atoms with E-state index in [-0.39, 0.29) is 52.8 Å². The molecule has 0 bridgehead atoms. The zero-order valence-electron chi connectivity index (χ0n) is 18.1. The molecule has 0 saturated heterocycles. The fourth-order valence-electron chi connectivity index (χ4n) is 3.61. The highest BCUT2D eigenvalue weighted by atomic mass is 16.5. The van der Waals surface area contributed by atoms with Crippen LogP contribution in [-0.4, -0.2) is 44.2 Å². The second kappa shape index (κ2) is 9.59. The van der Waals surface area contributed by atoms with Gasteiger partial charge in [-0.3, -0.25) is 9.59 Å². The third kappa shape index (κ3) is 4.38. The van der Waals surface area contributed by atoms with Crippen molar-refractivity contribution in [3.05, 3.63) is 33.9 Å². The minimum atomic E-state index is -0.621. The Morgan fingerprint density at radius 3 is 1.84 bits per heavy atom. The van der Waals surface area contributed by atoms with E-state index in [0.29, 0.717) is 12.8 Å². The summed E-state index contributed by atoms with van der Waals surface area (Å²) in [7, 11) is 1.31. The second-order valence-corrected chi connectivity index (χ2v) is 7.35. The largest absolute Gasteiger partial charge is 0.507 e. The number of hydrogen-bond acceptors (Lipinski definition) is 8. The molecule has 0 fully saturated rings. The second-order valence-electron chi connectivity index (χ2n) is 7.35. The highest BCUT2D eigenvalue weighted by Gasteiger charge is 2.29. The molecule has 31 heavy (non-hydrogen) atoms. The van der Waals surface area contributed by atoms with E-state index in [1.54, 1.807) is 13.8 Å². The Hall–Kier alpha value is -3.42. The topological polar surface area (TPSA) is 145 Å². The fourth-order valence-corrected chi connectivity index (χ4v) is 3.61. The molecule has 0 atom stereocenters. The Labute approximate surface area is 180 Å². The van der Waals surface area contributed by atoms with E-state index < -0.39 is 40.3 Å². The number of Topliss-reactive ketones (excluding diaryl/α,β-unsaturated/α-hetero) is 2. The average molecular weight is 432 g/mol. The highest BCUT2D eigenvalue weighted by Crippen LogP contribution is 2.46. The lowest BCUT2D eigenvalue weighted by molar-refractivity contribution is 0.0967. The summed E-state index contributed by atoms with van der Waals surface area (Å²) in [5.74, 6) is -3.54. The van der Waals surface area contributed by atoms with Gasteiger partial charge < -0.3 is 30.3 Å². The SMILES string of the molecule is CCCC(=O)c1c(O)cc(O)c(Cc2c(O)c(C(=O)CCC)c(O)c(C)c2OC)c1O. The van der Waals surface area contributed by atoms with Gasteiger partial charge in [-0.05, 0) is 19.8 Å². The number of rotatable bonds is 9. The van der Waals surface area contributed by atoms with E-state index in [9.17, 15) is 35.1 Å². The molecule has 8 heteroatoms. The monoisotopic (exact) mass is 432 g/mol. The maximum absolute atomic E-state index is 12.5. The lowest BCUT2D eigenvalue weighted by atomic mass is 9.91. The minimum absolute atomic E-state index is 0.0439. The van der Waals surface area contributed by atoms with Gasteiger partial charge in [0.15, 0.2) is 11.6 Å². The molecular formula is C23H28O8. The minimum Gasteiger partial charge on any atom is -0.507 e. The molecule has 0 aliphatic carbocycles. The first-order valence-electron chi connectivity index (χ1n) is 10.0. The maximum atomic E-state index is 12.5. The number of benzene rings is 2. The van der Waals surface area contributed by atoms with Gasteiger partial charge in [-0.1, -0.05) is 13.8 Å². The van der Waals surface area contributed by atoms with Crippen molar-refractivity contribution >= 4 is 11.6 Å². The smallest absolute Gasteiger partial charge is 0.170 e. The molecule has 0 radical (unpaired) electrons. The van der Waals surface area contributed by atoms with Gasteiger partial charge in [0.2, 0.25) is 0 Å². The Morgan fingerprint density at radius 1 is 0.806 bits per heavy atom. The van der Waals surface area contributed by atoms with E-state index in [2.05, 4.69) is 0 Å². The summed E-state index contributed by atoms with van der Waals surface area (Å²) in [5, 5.41) is 52.4. The summed E-state index contributed by atoms with van der Waals surface area (Å²) in [4.78, 5) is 24.9. The Bertz CT molecular complexity index is 1020. The van der Waals surface area contributed by atoms with Crippen LogP contribution in [-0.2, 0) is 6.42 Å². The van der Waals surface area contributed by atoms with Crippen LogP contribution < -0.4 is 4.74 Å². The summed E-state index contributed by atoms with van der Waals surface area (Å²) < 4.78 is 5.31. The van der Waals surface area contributed by atoms with Crippen LogP contribution in [0.5, 0.6) is 34.5 Å². The van der Waals surface area contributed by atoms with Crippen LogP contribution in [0.15, 0.2) is 6.07 Å². The molecule has 0 spiro atoms. The predicted molar refractivity (Wildman–Crippen MR) is 114 cm³/mol. The number of ether oxygens (including phenoxy) is 1. The van der Waals surface area contributed by atoms with E-state index in [1.165, 1.54) is 14.0 Å². The van der Waals surface area contributed by atoms with E-state index >= 15 is 0 Å². The Balaban J connectivity index is 2.75. The molecule has 0 saturated carbocycles. The van der Waals surface area contributed by atoms with Crippen molar-refractivity contribution in [2.45, 2.75) is 52.9 Å². The molecule has 0 aromatic heterocycles. The number of phenolic OH excluding ortho intramolecular Hbond substituents is 5. The van der Waals surface area contributed by atoms with Crippen LogP contribution in [0, 0.1) is 6.92 Å². The number of aromatic hydroxyl groups is 5. The van der Waals surface area contributed by atoms with Crippen molar-refractivity contribution in [3.63, 3.8) is 0 Å². The molecule has 168 valence electrons. The fraction of sp³-hybridized carbons (Fsp3) is 0.391. The standard InChI is InChI=1S/C23H28O8/c1-5-7-14(24)18-17(27)10-16(26)12(21(18)29)9-13-22(30)19(15(25)8-6-2)20(28)11(3)23(13)31-4/h10,26-30H,5-9H2,1-4H3. The average Bonchev–Trinajstić information content (AvgIpc) is 2.69. The van der Waals surface area contributed by atoms with Crippen LogP contribution in [0.4, 0.5) is 0 Å². The summed E-state index contributed by atoms with van der Waals surface area (Å²) >= 11 is 0. The summed E-state index contributed by atoms with van der Waals surface area (Å²) in [6.45, 7) is 5.06. The van der Waals surface area contributed by atoms with Crippen molar-refractivity contribution in [1.29, 1.82) is 0 Å². The number of carbonyl (C=O) groups excluding carboxylic acids is 2. The van der Waals surface area contributed by atoms with Crippen molar-refractivity contribution < 1.29 is 39.9 Å². The number of carbonyl (C=O) groups is 2. The van der Waals surface area contributed by atoms with Crippen LogP contribution in [0.2, 0.25) is 0 Å². The number of methoxy groups -OCH3 is 1. The van der Waals surface area contributed by atoms with Gasteiger partial charge in [0.05, 0.1) is 7.11 Å². The molecule has 0 aliphatic rings. The highest BCUT2D eigenvalue weighted by molar-refractivity contribution is 6.03. The Kier molecular flexibility index (Phi) is 7.38. The summed E-state index contributed by atoms with van der Waals surface area (Å²) in [6.07, 6.45) is 0.835. The molecule has 2 aromatic rings. The number of hydrogen-bond donors (Lipinski definition) is 5. The van der Waals surface area contributed by atoms with Gasteiger partial charge in [0.25, 0.3) is 0 Å². The van der Waals surface area contributed by atoms with Crippen LogP contribution in [0.25, 0.3) is 0 Å². The molecule has 0 unspecified atom stereocenters. The Morgan fingerprint density at radius 2 is 1.32 bits per heavy atom. The van der Waals surface area contributed by atoms with Crippen molar-refractivity contribution in [1.82, 2.24) is 0 Å². The van der Waals surface area contributed by atoms with Crippen molar-refractivity contribution in [2.75, 3.05) is 7.11 Å². The molecule has 0 amide bonds. The molecule has 2 aromatic carbocycles. The zero-order chi connectivity index (χ0) is 23.5. The first-order valence-corrected chi connectivity index (χ1v) is 10.0.